The summed E-state index contributed by atoms with van der Waals surface area (Å²) in [4.78, 5) is 94.0. The highest BCUT2D eigenvalue weighted by Gasteiger charge is 2.36. The first-order valence-electron chi connectivity index (χ1n) is 17.9. The van der Waals surface area contributed by atoms with Gasteiger partial charge in [0.2, 0.25) is 5.91 Å². The Labute approximate surface area is 358 Å². The third-order valence-corrected chi connectivity index (χ3v) is 8.87. The number of nitrogens with one attached hydrogen (secondary N) is 5. The number of hydrogen-bond acceptors (Lipinski definition) is 11. The summed E-state index contributed by atoms with van der Waals surface area (Å²) < 4.78 is 1.59. The number of nitrogens with zero attached hydrogens (tertiary/aromatic N) is 4. The van der Waals surface area contributed by atoms with E-state index in [4.69, 9.17) is 5.73 Å². The average Bonchev–Trinajstić information content (AvgIpc) is 3.53. The van der Waals surface area contributed by atoms with Crippen LogP contribution in [0.25, 0.3) is 10.8 Å². The van der Waals surface area contributed by atoms with E-state index in [9.17, 15) is 38.9 Å². The number of hydrogen-bond donors (Lipinski definition) is 6. The number of benzene rings is 3. The Bertz CT molecular complexity index is 2220. The number of imide groups is 1. The molecule has 5 rings (SSSR count). The van der Waals surface area contributed by atoms with Crippen molar-refractivity contribution in [1.82, 2.24) is 30.7 Å². The van der Waals surface area contributed by atoms with E-state index in [1.165, 1.54) is 36.4 Å². The fourth-order valence-corrected chi connectivity index (χ4v) is 6.19. The summed E-state index contributed by atoms with van der Waals surface area (Å²) in [6.45, 7) is 2.71. The van der Waals surface area contributed by atoms with Crippen LogP contribution < -0.4 is 37.2 Å². The molecule has 59 heavy (non-hydrogen) atoms. The fourth-order valence-electron chi connectivity index (χ4n) is 6.19. The van der Waals surface area contributed by atoms with Crippen molar-refractivity contribution in [2.24, 2.45) is 12.8 Å². The van der Waals surface area contributed by atoms with Gasteiger partial charge in [0, 0.05) is 93.1 Å². The lowest BCUT2D eigenvalue weighted by Crippen LogP contribution is -2.41. The van der Waals surface area contributed by atoms with Gasteiger partial charge in [-0.25, -0.2) is 4.90 Å². The molecule has 0 radical (unpaired) electrons. The summed E-state index contributed by atoms with van der Waals surface area (Å²) in [5, 5.41) is 26.3. The number of aromatic nitrogens is 1. The van der Waals surface area contributed by atoms with Gasteiger partial charge in [0.1, 0.15) is 5.69 Å². The first-order chi connectivity index (χ1) is 26.8. The van der Waals surface area contributed by atoms with Gasteiger partial charge in [-0.15, -0.1) is 37.2 Å². The van der Waals surface area contributed by atoms with Crippen LogP contribution >= 0.6 is 37.2 Å². The van der Waals surface area contributed by atoms with Crippen LogP contribution in [0.5, 0.6) is 0 Å². The van der Waals surface area contributed by atoms with Crippen LogP contribution in [0.1, 0.15) is 64.8 Å². The minimum absolute atomic E-state index is 0. The lowest BCUT2D eigenvalue weighted by molar-refractivity contribution is -0.384. The zero-order chi connectivity index (χ0) is 40.5. The van der Waals surface area contributed by atoms with E-state index in [0.717, 1.165) is 23.9 Å². The van der Waals surface area contributed by atoms with E-state index in [-0.39, 0.29) is 102 Å². The smallest absolute Gasteiger partial charge is 0.270 e. The van der Waals surface area contributed by atoms with Crippen LogP contribution in [0.3, 0.4) is 0 Å². The Morgan fingerprint density at radius 3 is 2.08 bits per heavy atom. The SMILES string of the molecule is CN(C)CCCNC(=O)c1cc(NC(=O)CCNC(=O)c2cc(C(=O)NCCNCCN)cc(N3C(=O)c4cccc5cc([N+](=O)[O-])cc(c45)C3=O)c2)cn1C.Cl.Cl.Cl. The Kier molecular flexibility index (Phi) is 18.9. The van der Waals surface area contributed by atoms with Crippen LogP contribution in [0.15, 0.2) is 60.8 Å². The number of non-ortho nitro benzene ring substituents is 1. The van der Waals surface area contributed by atoms with Crippen molar-refractivity contribution in [1.29, 1.82) is 0 Å². The molecule has 0 saturated heterocycles. The second kappa shape index (κ2) is 22.5. The minimum Gasteiger partial charge on any atom is -0.352 e. The molecule has 318 valence electrons. The molecule has 18 nitrogen and oxygen atoms in total. The van der Waals surface area contributed by atoms with Crippen molar-refractivity contribution in [2.75, 3.05) is 70.1 Å². The van der Waals surface area contributed by atoms with Gasteiger partial charge in [-0.1, -0.05) is 12.1 Å². The highest BCUT2D eigenvalue weighted by molar-refractivity contribution is 6.36. The number of carbonyl (C=O) groups is 6. The van der Waals surface area contributed by atoms with Gasteiger partial charge in [0.05, 0.1) is 21.9 Å². The molecule has 0 bridgehead atoms. The number of carbonyl (C=O) groups excluding carboxylic acids is 6. The van der Waals surface area contributed by atoms with Crippen molar-refractivity contribution < 1.29 is 33.7 Å². The predicted molar refractivity (Wildman–Crippen MR) is 231 cm³/mol. The molecule has 1 aromatic heterocycles. The molecule has 1 aliphatic rings. The molecule has 21 heteroatoms. The lowest BCUT2D eigenvalue weighted by Gasteiger charge is -2.27. The molecule has 0 fully saturated rings. The van der Waals surface area contributed by atoms with Crippen LogP contribution in [0.4, 0.5) is 17.1 Å². The third kappa shape index (κ3) is 12.2. The number of anilines is 2. The molecule has 1 aliphatic heterocycles. The molecule has 0 unspecified atom stereocenters. The summed E-state index contributed by atoms with van der Waals surface area (Å²) in [7, 11) is 5.57. The maximum atomic E-state index is 14.0. The van der Waals surface area contributed by atoms with Crippen LogP contribution in [-0.2, 0) is 11.8 Å². The molecular weight excluding hydrogens is 831 g/mol. The van der Waals surface area contributed by atoms with E-state index < -0.39 is 34.5 Å². The molecule has 2 heterocycles. The number of rotatable bonds is 18. The molecule has 0 atom stereocenters. The summed E-state index contributed by atoms with van der Waals surface area (Å²) >= 11 is 0. The van der Waals surface area contributed by atoms with Crippen molar-refractivity contribution in [3.63, 3.8) is 0 Å². The topological polar surface area (TPSA) is 243 Å². The summed E-state index contributed by atoms with van der Waals surface area (Å²) in [5.41, 5.74) is 5.66. The first-order valence-corrected chi connectivity index (χ1v) is 17.9. The van der Waals surface area contributed by atoms with E-state index in [2.05, 4.69) is 26.6 Å². The van der Waals surface area contributed by atoms with Crippen molar-refractivity contribution in [3.8, 4) is 0 Å². The molecular formula is C38H47Cl3N10O8. The number of halogens is 3. The second-order valence-corrected chi connectivity index (χ2v) is 13.4. The number of nitro benzene ring substituents is 1. The zero-order valence-corrected chi connectivity index (χ0v) is 34.9. The van der Waals surface area contributed by atoms with Gasteiger partial charge in [0.15, 0.2) is 0 Å². The number of nitrogens with two attached hydrogens (primary N) is 1. The molecule has 3 aromatic carbocycles. The standard InChI is InChI=1S/C38H44N10O8.3ClH/c1-45(2)15-5-10-41-36(52)31-20-26(22-46(31)3)44-32(49)8-11-42-34(50)24-16-25(35(51)43-14-13-40-12-9-39)19-27(18-24)47-37(53)29-7-4-6-23-17-28(48(55)56)21-30(33(23)29)38(47)54;;;/h4,6-7,16-22,40H,5,8-15,39H2,1-3H3,(H,41,52)(H,42,50)(H,43,51)(H,44,49);3*1H. The largest absolute Gasteiger partial charge is 0.352 e. The number of amides is 6. The van der Waals surface area contributed by atoms with E-state index >= 15 is 0 Å². The molecule has 0 aliphatic carbocycles. The molecule has 0 saturated carbocycles. The fraction of sp³-hybridized carbons (Fsp3) is 0.316. The Morgan fingerprint density at radius 1 is 0.797 bits per heavy atom. The van der Waals surface area contributed by atoms with E-state index in [1.807, 2.05) is 19.0 Å². The number of nitro groups is 1. The van der Waals surface area contributed by atoms with Gasteiger partial charge >= 0.3 is 0 Å². The average molecular weight is 878 g/mol. The second-order valence-electron chi connectivity index (χ2n) is 13.4. The van der Waals surface area contributed by atoms with Gasteiger partial charge in [-0.3, -0.25) is 38.9 Å². The maximum Gasteiger partial charge on any atom is 0.270 e. The predicted octanol–water partition coefficient (Wildman–Crippen LogP) is 2.87. The maximum absolute atomic E-state index is 14.0. The molecule has 7 N–H and O–H groups in total. The lowest BCUT2D eigenvalue weighted by atomic mass is 9.92. The first kappa shape index (κ1) is 49.5. The van der Waals surface area contributed by atoms with E-state index in [0.29, 0.717) is 42.9 Å². The molecule has 4 aromatic rings. The van der Waals surface area contributed by atoms with Crippen LogP contribution in [0.2, 0.25) is 0 Å². The molecule has 0 spiro atoms. The van der Waals surface area contributed by atoms with Crippen molar-refractivity contribution >= 4 is 100 Å². The summed E-state index contributed by atoms with van der Waals surface area (Å²) in [5.74, 6) is -3.67. The minimum atomic E-state index is -0.875. The summed E-state index contributed by atoms with van der Waals surface area (Å²) in [6, 6.07) is 12.3. The summed E-state index contributed by atoms with van der Waals surface area (Å²) in [6.07, 6.45) is 2.22. The Morgan fingerprint density at radius 2 is 1.44 bits per heavy atom. The van der Waals surface area contributed by atoms with Gasteiger partial charge in [0.25, 0.3) is 35.2 Å². The highest BCUT2D eigenvalue weighted by atomic mass is 35.5. The Balaban J connectivity index is 0.00000400. The van der Waals surface area contributed by atoms with Gasteiger partial charge in [-0.2, -0.15) is 0 Å². The third-order valence-electron chi connectivity index (χ3n) is 8.87. The van der Waals surface area contributed by atoms with Gasteiger partial charge < -0.3 is 41.8 Å². The van der Waals surface area contributed by atoms with E-state index in [1.54, 1.807) is 29.9 Å². The number of aryl methyl sites for hydroxylation is 1. The Hall–Kier alpha value is -5.63. The van der Waals surface area contributed by atoms with Crippen molar-refractivity contribution in [3.05, 3.63) is 98.9 Å². The highest BCUT2D eigenvalue weighted by Crippen LogP contribution is 2.36. The quantitative estimate of drug-likeness (QED) is 0.0368. The monoisotopic (exact) mass is 876 g/mol. The van der Waals surface area contributed by atoms with Gasteiger partial charge in [-0.05, 0) is 62.8 Å². The van der Waals surface area contributed by atoms with Crippen LogP contribution in [-0.4, -0.2) is 110 Å². The molecule has 6 amide bonds. The normalized spacial score (nSPS) is 11.6. The van der Waals surface area contributed by atoms with Crippen molar-refractivity contribution in [2.45, 2.75) is 12.8 Å². The zero-order valence-electron chi connectivity index (χ0n) is 32.5. The van der Waals surface area contributed by atoms with Crippen LogP contribution in [0, 0.1) is 10.1 Å².